The Bertz CT molecular complexity index is 420. The normalized spacial score (nSPS) is 14.4. The van der Waals surface area contributed by atoms with Crippen molar-refractivity contribution in [2.75, 3.05) is 7.05 Å². The Labute approximate surface area is 107 Å². The Morgan fingerprint density at radius 3 is 2.61 bits per heavy atom. The summed E-state index contributed by atoms with van der Waals surface area (Å²) in [5, 5.41) is 2.60. The quantitative estimate of drug-likeness (QED) is 0.865. The first-order valence-corrected chi connectivity index (χ1v) is 6.15. The van der Waals surface area contributed by atoms with E-state index in [-0.39, 0.29) is 18.1 Å². The van der Waals surface area contributed by atoms with Gasteiger partial charge >= 0.3 is 0 Å². The lowest BCUT2D eigenvalue weighted by atomic mass is 10.2. The van der Waals surface area contributed by atoms with Gasteiger partial charge in [-0.3, -0.25) is 9.78 Å². The van der Waals surface area contributed by atoms with Crippen molar-refractivity contribution in [1.82, 2.24) is 10.3 Å². The van der Waals surface area contributed by atoms with Crippen LogP contribution in [0.2, 0.25) is 0 Å². The van der Waals surface area contributed by atoms with Gasteiger partial charge in [-0.2, -0.15) is 0 Å². The van der Waals surface area contributed by atoms with Gasteiger partial charge in [0, 0.05) is 7.05 Å². The Kier molecular flexibility index (Phi) is 3.69. The number of carbonyl (C=O) groups excluding carboxylic acids is 1. The number of hydrogen-bond donors (Lipinski definition) is 1. The van der Waals surface area contributed by atoms with Gasteiger partial charge in [0.15, 0.2) is 11.5 Å². The summed E-state index contributed by atoms with van der Waals surface area (Å²) >= 11 is 0. The summed E-state index contributed by atoms with van der Waals surface area (Å²) in [4.78, 5) is 16.0. The van der Waals surface area contributed by atoms with Crippen molar-refractivity contribution >= 4 is 5.91 Å². The maximum atomic E-state index is 11.9. The third-order valence-electron chi connectivity index (χ3n) is 2.51. The van der Waals surface area contributed by atoms with Crippen molar-refractivity contribution in [3.05, 3.63) is 18.0 Å². The Morgan fingerprint density at radius 2 is 2.06 bits per heavy atom. The van der Waals surface area contributed by atoms with Crippen molar-refractivity contribution < 1.29 is 14.3 Å². The second kappa shape index (κ2) is 5.25. The van der Waals surface area contributed by atoms with Crippen LogP contribution in [0.25, 0.3) is 0 Å². The molecular weight excluding hydrogens is 232 g/mol. The average Bonchev–Trinajstić information content (AvgIpc) is 3.11. The number of hydrogen-bond acceptors (Lipinski definition) is 4. The number of nitrogens with zero attached hydrogens (tertiary/aromatic N) is 1. The minimum Gasteiger partial charge on any atom is -0.488 e. The summed E-state index contributed by atoms with van der Waals surface area (Å²) in [6, 6.07) is 0. The lowest BCUT2D eigenvalue weighted by Crippen LogP contribution is -2.21. The van der Waals surface area contributed by atoms with E-state index >= 15 is 0 Å². The smallest absolute Gasteiger partial charge is 0.258 e. The fourth-order valence-electron chi connectivity index (χ4n) is 1.57. The number of pyridine rings is 1. The number of amides is 1. The van der Waals surface area contributed by atoms with Crippen molar-refractivity contribution in [2.45, 2.75) is 38.9 Å². The highest BCUT2D eigenvalue weighted by atomic mass is 16.5. The predicted molar refractivity (Wildman–Crippen MR) is 67.0 cm³/mol. The maximum absolute atomic E-state index is 11.9. The molecule has 5 heteroatoms. The van der Waals surface area contributed by atoms with Crippen LogP contribution in [0.15, 0.2) is 12.4 Å². The van der Waals surface area contributed by atoms with Crippen molar-refractivity contribution in [1.29, 1.82) is 0 Å². The lowest BCUT2D eigenvalue weighted by molar-refractivity contribution is 0.0952. The van der Waals surface area contributed by atoms with Gasteiger partial charge in [-0.15, -0.1) is 0 Å². The first-order chi connectivity index (χ1) is 8.61. The molecule has 18 heavy (non-hydrogen) atoms. The molecule has 1 aliphatic rings. The molecule has 0 atom stereocenters. The lowest BCUT2D eigenvalue weighted by Gasteiger charge is -2.16. The first kappa shape index (κ1) is 12.7. The Balaban J connectivity index is 2.34. The van der Waals surface area contributed by atoms with Crippen LogP contribution in [0, 0.1) is 0 Å². The van der Waals surface area contributed by atoms with Crippen LogP contribution < -0.4 is 14.8 Å². The van der Waals surface area contributed by atoms with E-state index in [1.165, 1.54) is 0 Å². The minimum atomic E-state index is -0.219. The van der Waals surface area contributed by atoms with Crippen molar-refractivity contribution in [3.63, 3.8) is 0 Å². The zero-order valence-electron chi connectivity index (χ0n) is 10.9. The van der Waals surface area contributed by atoms with E-state index in [4.69, 9.17) is 9.47 Å². The molecule has 0 spiro atoms. The third kappa shape index (κ3) is 2.91. The van der Waals surface area contributed by atoms with Gasteiger partial charge in [0.2, 0.25) is 0 Å². The molecule has 1 heterocycles. The molecule has 0 unspecified atom stereocenters. The minimum absolute atomic E-state index is 0.0219. The molecule has 1 N–H and O–H groups in total. The van der Waals surface area contributed by atoms with E-state index < -0.39 is 0 Å². The molecule has 1 saturated carbocycles. The van der Waals surface area contributed by atoms with Gasteiger partial charge in [-0.25, -0.2) is 0 Å². The summed E-state index contributed by atoms with van der Waals surface area (Å²) in [6.45, 7) is 3.81. The van der Waals surface area contributed by atoms with E-state index in [1.807, 2.05) is 13.8 Å². The van der Waals surface area contributed by atoms with Crippen molar-refractivity contribution in [2.24, 2.45) is 0 Å². The molecular formula is C13H18N2O3. The van der Waals surface area contributed by atoms with E-state index in [1.54, 1.807) is 19.4 Å². The highest BCUT2D eigenvalue weighted by molar-refractivity contribution is 5.99. The van der Waals surface area contributed by atoms with E-state index in [0.29, 0.717) is 17.1 Å². The second-order valence-corrected chi connectivity index (χ2v) is 4.57. The molecule has 1 aliphatic carbocycles. The van der Waals surface area contributed by atoms with Crippen LogP contribution in [-0.2, 0) is 0 Å². The van der Waals surface area contributed by atoms with Gasteiger partial charge in [0.25, 0.3) is 5.91 Å². The molecule has 0 saturated heterocycles. The molecule has 5 nitrogen and oxygen atoms in total. The highest BCUT2D eigenvalue weighted by Crippen LogP contribution is 2.33. The summed E-state index contributed by atoms with van der Waals surface area (Å²) in [6.07, 6.45) is 5.36. The molecule has 0 aromatic carbocycles. The van der Waals surface area contributed by atoms with Crippen LogP contribution >= 0.6 is 0 Å². The number of nitrogens with one attached hydrogen (secondary N) is 1. The van der Waals surface area contributed by atoms with Crippen LogP contribution in [0.3, 0.4) is 0 Å². The van der Waals surface area contributed by atoms with Gasteiger partial charge in [0.1, 0.15) is 5.56 Å². The molecule has 0 aliphatic heterocycles. The fraction of sp³-hybridized carbons (Fsp3) is 0.538. The van der Waals surface area contributed by atoms with Gasteiger partial charge in [0.05, 0.1) is 24.6 Å². The largest absolute Gasteiger partial charge is 0.488 e. The molecule has 1 amide bonds. The van der Waals surface area contributed by atoms with Crippen LogP contribution in [0.1, 0.15) is 37.0 Å². The van der Waals surface area contributed by atoms with Gasteiger partial charge in [-0.1, -0.05) is 0 Å². The summed E-state index contributed by atoms with van der Waals surface area (Å²) in [5.41, 5.74) is 0.424. The van der Waals surface area contributed by atoms with E-state index in [2.05, 4.69) is 10.3 Å². The predicted octanol–water partition coefficient (Wildman–Crippen LogP) is 1.77. The van der Waals surface area contributed by atoms with Crippen LogP contribution in [0.4, 0.5) is 0 Å². The molecule has 1 fully saturated rings. The van der Waals surface area contributed by atoms with Gasteiger partial charge < -0.3 is 14.8 Å². The second-order valence-electron chi connectivity index (χ2n) is 4.57. The summed E-state index contributed by atoms with van der Waals surface area (Å²) < 4.78 is 11.3. The zero-order chi connectivity index (χ0) is 13.1. The molecule has 1 aromatic rings. The maximum Gasteiger partial charge on any atom is 0.258 e. The molecule has 98 valence electrons. The standard InChI is InChI=1S/C13H18N2O3/c1-8(2)17-10-6-15-7-11(18-9-4-5-9)12(10)13(16)14-3/h6-9H,4-5H2,1-3H3,(H,14,16). The zero-order valence-corrected chi connectivity index (χ0v) is 10.9. The van der Waals surface area contributed by atoms with Crippen LogP contribution in [0.5, 0.6) is 11.5 Å². The van der Waals surface area contributed by atoms with Crippen molar-refractivity contribution in [3.8, 4) is 11.5 Å². The number of ether oxygens (including phenoxy) is 2. The molecule has 1 aromatic heterocycles. The number of rotatable bonds is 5. The average molecular weight is 250 g/mol. The first-order valence-electron chi connectivity index (χ1n) is 6.15. The third-order valence-corrected chi connectivity index (χ3v) is 2.51. The molecule has 0 radical (unpaired) electrons. The molecule has 0 bridgehead atoms. The fourth-order valence-corrected chi connectivity index (χ4v) is 1.57. The highest BCUT2D eigenvalue weighted by Gasteiger charge is 2.27. The number of carbonyl (C=O) groups is 1. The topological polar surface area (TPSA) is 60.5 Å². The molecule has 2 rings (SSSR count). The Hall–Kier alpha value is -1.78. The van der Waals surface area contributed by atoms with E-state index in [0.717, 1.165) is 12.8 Å². The number of aromatic nitrogens is 1. The van der Waals surface area contributed by atoms with E-state index in [9.17, 15) is 4.79 Å². The Morgan fingerprint density at radius 1 is 1.39 bits per heavy atom. The summed E-state index contributed by atoms with van der Waals surface area (Å²) in [5.74, 6) is 0.737. The van der Waals surface area contributed by atoms with Gasteiger partial charge in [-0.05, 0) is 26.7 Å². The summed E-state index contributed by atoms with van der Waals surface area (Å²) in [7, 11) is 1.59. The monoisotopic (exact) mass is 250 g/mol. The SMILES string of the molecule is CNC(=O)c1c(OC(C)C)cncc1OC1CC1. The van der Waals surface area contributed by atoms with Crippen LogP contribution in [-0.4, -0.2) is 30.1 Å².